The van der Waals surface area contributed by atoms with Crippen molar-refractivity contribution in [3.05, 3.63) is 39.9 Å². The van der Waals surface area contributed by atoms with Crippen molar-refractivity contribution < 1.29 is 19.8 Å². The molecule has 2 aliphatic rings. The number of halogens is 1. The van der Waals surface area contributed by atoms with E-state index in [2.05, 4.69) is 5.32 Å². The van der Waals surface area contributed by atoms with E-state index in [1.807, 2.05) is 9.47 Å². The van der Waals surface area contributed by atoms with Gasteiger partial charge in [0.1, 0.15) is 11.4 Å². The second-order valence-electron chi connectivity index (χ2n) is 6.37. The molecule has 7 nitrogen and oxygen atoms in total. The molecule has 134 valence electrons. The van der Waals surface area contributed by atoms with Crippen LogP contribution in [0.15, 0.2) is 23.1 Å². The highest BCUT2D eigenvalue weighted by Gasteiger charge is 2.28. The van der Waals surface area contributed by atoms with Crippen LogP contribution in [0.4, 0.5) is 10.1 Å². The van der Waals surface area contributed by atoms with Gasteiger partial charge in [-0.3, -0.25) is 4.79 Å². The summed E-state index contributed by atoms with van der Waals surface area (Å²) in [5.74, 6) is -1.76. The summed E-state index contributed by atoms with van der Waals surface area (Å²) in [5, 5.41) is 12.6. The molecule has 0 atom stereocenters. The van der Waals surface area contributed by atoms with Gasteiger partial charge in [0.05, 0.1) is 11.2 Å². The molecule has 2 fully saturated rings. The third kappa shape index (κ3) is 2.98. The number of carboxylic acids is 1. The Morgan fingerprint density at radius 2 is 1.92 bits per heavy atom. The quantitative estimate of drug-likeness (QED) is 0.851. The van der Waals surface area contributed by atoms with Gasteiger partial charge in [-0.05, 0) is 25.0 Å². The number of carboxylic acid groups (broad SMARTS) is 1. The van der Waals surface area contributed by atoms with Crippen molar-refractivity contribution in [2.24, 2.45) is 0 Å². The van der Waals surface area contributed by atoms with Gasteiger partial charge in [0.25, 0.3) is 0 Å². The Hall–Kier alpha value is -2.45. The number of fused-ring (bicyclic) bond motifs is 1. The maximum Gasteiger partial charge on any atom is 0.341 e. The first-order valence-corrected chi connectivity index (χ1v) is 8.13. The lowest BCUT2D eigenvalue weighted by Gasteiger charge is -2.30. The standard InChI is InChI=1S/C17H18FN3O3.H2O/c18-13-7-11-14(8-15(13)20-5-3-19-4-6-20)21(10-1-2-10)9-12(16(11)22)17(23)24;/h7-10,19H,1-6H2,(H,23,24);1H2. The maximum atomic E-state index is 14.6. The number of anilines is 1. The summed E-state index contributed by atoms with van der Waals surface area (Å²) in [4.78, 5) is 25.7. The Morgan fingerprint density at radius 3 is 2.52 bits per heavy atom. The van der Waals surface area contributed by atoms with Gasteiger partial charge in [-0.2, -0.15) is 0 Å². The summed E-state index contributed by atoms with van der Waals surface area (Å²) in [5.41, 5.74) is 0.159. The molecule has 1 saturated heterocycles. The molecule has 1 aliphatic carbocycles. The number of hydrogen-bond acceptors (Lipinski definition) is 4. The minimum atomic E-state index is -1.28. The number of aromatic carboxylic acids is 1. The average molecular weight is 349 g/mol. The van der Waals surface area contributed by atoms with Gasteiger partial charge in [0, 0.05) is 43.8 Å². The second-order valence-corrected chi connectivity index (χ2v) is 6.37. The summed E-state index contributed by atoms with van der Waals surface area (Å²) in [6.45, 7) is 2.96. The summed E-state index contributed by atoms with van der Waals surface area (Å²) >= 11 is 0. The van der Waals surface area contributed by atoms with Gasteiger partial charge in [0.15, 0.2) is 0 Å². The van der Waals surface area contributed by atoms with Gasteiger partial charge < -0.3 is 25.4 Å². The molecule has 0 bridgehead atoms. The van der Waals surface area contributed by atoms with Crippen LogP contribution in [0.3, 0.4) is 0 Å². The van der Waals surface area contributed by atoms with Crippen molar-refractivity contribution in [3.63, 3.8) is 0 Å². The fourth-order valence-corrected chi connectivity index (χ4v) is 3.31. The number of rotatable bonds is 3. The predicted octanol–water partition coefficient (Wildman–Crippen LogP) is 0.759. The molecule has 1 saturated carbocycles. The molecule has 0 unspecified atom stereocenters. The van der Waals surface area contributed by atoms with E-state index in [1.54, 1.807) is 6.07 Å². The SMILES string of the molecule is O.O=C(O)c1cn(C2CC2)c2cc(N3CCNCC3)c(F)cc2c1=O. The molecule has 2 heterocycles. The van der Waals surface area contributed by atoms with Gasteiger partial charge in [-0.25, -0.2) is 9.18 Å². The Labute approximate surface area is 143 Å². The molecule has 8 heteroatoms. The van der Waals surface area contributed by atoms with Crippen LogP contribution >= 0.6 is 0 Å². The van der Waals surface area contributed by atoms with Gasteiger partial charge in [-0.15, -0.1) is 0 Å². The largest absolute Gasteiger partial charge is 0.477 e. The first kappa shape index (κ1) is 17.4. The van der Waals surface area contributed by atoms with Crippen molar-refractivity contribution in [1.29, 1.82) is 0 Å². The van der Waals surface area contributed by atoms with Gasteiger partial charge in [0.2, 0.25) is 5.43 Å². The zero-order valence-corrected chi connectivity index (χ0v) is 13.6. The number of pyridine rings is 1. The summed E-state index contributed by atoms with van der Waals surface area (Å²) < 4.78 is 16.4. The normalized spacial score (nSPS) is 17.4. The highest BCUT2D eigenvalue weighted by atomic mass is 19.1. The summed E-state index contributed by atoms with van der Waals surface area (Å²) in [6, 6.07) is 3.08. The number of aromatic nitrogens is 1. The molecule has 4 N–H and O–H groups in total. The second kappa shape index (κ2) is 6.45. The highest BCUT2D eigenvalue weighted by Crippen LogP contribution is 2.38. The minimum Gasteiger partial charge on any atom is -0.477 e. The minimum absolute atomic E-state index is 0. The average Bonchev–Trinajstić information content (AvgIpc) is 3.40. The predicted molar refractivity (Wildman–Crippen MR) is 92.1 cm³/mol. The summed E-state index contributed by atoms with van der Waals surface area (Å²) in [6.07, 6.45) is 3.29. The lowest BCUT2D eigenvalue weighted by Crippen LogP contribution is -2.43. The van der Waals surface area contributed by atoms with E-state index in [0.717, 1.165) is 25.9 Å². The molecule has 4 rings (SSSR count). The maximum absolute atomic E-state index is 14.6. The van der Waals surface area contributed by atoms with Crippen molar-refractivity contribution in [1.82, 2.24) is 9.88 Å². The third-order valence-corrected chi connectivity index (χ3v) is 4.73. The Morgan fingerprint density at radius 1 is 1.24 bits per heavy atom. The van der Waals surface area contributed by atoms with Crippen LogP contribution in [-0.2, 0) is 0 Å². The van der Waals surface area contributed by atoms with E-state index in [1.165, 1.54) is 12.3 Å². The zero-order chi connectivity index (χ0) is 16.8. The van der Waals surface area contributed by atoms with Crippen LogP contribution in [0.25, 0.3) is 10.9 Å². The van der Waals surface area contributed by atoms with Gasteiger partial charge in [-0.1, -0.05) is 0 Å². The van der Waals surface area contributed by atoms with Crippen molar-refractivity contribution in [2.45, 2.75) is 18.9 Å². The van der Waals surface area contributed by atoms with Crippen LogP contribution in [0.2, 0.25) is 0 Å². The Balaban J connectivity index is 0.00000182. The molecular formula is C17H20FN3O4. The number of nitrogens with zero attached hydrogens (tertiary/aromatic N) is 2. The lowest BCUT2D eigenvalue weighted by molar-refractivity contribution is 0.0695. The third-order valence-electron chi connectivity index (χ3n) is 4.73. The fraction of sp³-hybridized carbons (Fsp3) is 0.412. The van der Waals surface area contributed by atoms with Crippen LogP contribution in [0.5, 0.6) is 0 Å². The van der Waals surface area contributed by atoms with Crippen LogP contribution in [0, 0.1) is 5.82 Å². The Bertz CT molecular complexity index is 886. The molecule has 2 aromatic rings. The molecule has 1 aliphatic heterocycles. The van der Waals surface area contributed by atoms with Crippen LogP contribution in [0.1, 0.15) is 29.2 Å². The molecule has 25 heavy (non-hydrogen) atoms. The van der Waals surface area contributed by atoms with Crippen molar-refractivity contribution in [2.75, 3.05) is 31.1 Å². The fourth-order valence-electron chi connectivity index (χ4n) is 3.31. The number of nitrogens with one attached hydrogen (secondary N) is 1. The first-order chi connectivity index (χ1) is 11.6. The Kier molecular flexibility index (Phi) is 4.49. The van der Waals surface area contributed by atoms with Gasteiger partial charge >= 0.3 is 5.97 Å². The van der Waals surface area contributed by atoms with Crippen LogP contribution < -0.4 is 15.6 Å². The molecule has 1 aromatic heterocycles. The lowest BCUT2D eigenvalue weighted by atomic mass is 10.1. The van der Waals surface area contributed by atoms with E-state index in [-0.39, 0.29) is 22.5 Å². The van der Waals surface area contributed by atoms with E-state index in [0.29, 0.717) is 24.3 Å². The van der Waals surface area contributed by atoms with E-state index in [4.69, 9.17) is 0 Å². The summed E-state index contributed by atoms with van der Waals surface area (Å²) in [7, 11) is 0. The molecular weight excluding hydrogens is 329 g/mol. The zero-order valence-electron chi connectivity index (χ0n) is 13.6. The number of benzene rings is 1. The number of piperazine rings is 1. The molecule has 0 spiro atoms. The van der Waals surface area contributed by atoms with E-state index in [9.17, 15) is 19.1 Å². The van der Waals surface area contributed by atoms with Crippen molar-refractivity contribution in [3.8, 4) is 0 Å². The van der Waals surface area contributed by atoms with E-state index >= 15 is 0 Å². The highest BCUT2D eigenvalue weighted by molar-refractivity contribution is 5.93. The molecule has 0 radical (unpaired) electrons. The number of carbonyl (C=O) groups is 1. The van der Waals surface area contributed by atoms with Crippen LogP contribution in [-0.4, -0.2) is 47.3 Å². The first-order valence-electron chi connectivity index (χ1n) is 8.13. The molecule has 0 amide bonds. The topological polar surface area (TPSA) is 106 Å². The van der Waals surface area contributed by atoms with Crippen molar-refractivity contribution >= 4 is 22.6 Å². The molecule has 1 aromatic carbocycles. The smallest absolute Gasteiger partial charge is 0.341 e. The monoisotopic (exact) mass is 349 g/mol. The number of hydrogen-bond donors (Lipinski definition) is 2. The van der Waals surface area contributed by atoms with E-state index < -0.39 is 17.2 Å².